The zero-order valence-electron chi connectivity index (χ0n) is 11.0. The molecule has 0 heterocycles. The van der Waals surface area contributed by atoms with Gasteiger partial charge in [-0.25, -0.2) is 0 Å². The number of hydrogen-bond donors (Lipinski definition) is 1. The lowest BCUT2D eigenvalue weighted by Gasteiger charge is -2.11. The molecule has 1 N–H and O–H groups in total. The fraction of sp³-hybridized carbons (Fsp3) is 0.200. The molecule has 2 aromatic carbocycles. The highest BCUT2D eigenvalue weighted by atomic mass is 79.9. The van der Waals surface area contributed by atoms with E-state index < -0.39 is 11.7 Å². The molecule has 0 bridgehead atoms. The number of halogens is 4. The lowest BCUT2D eigenvalue weighted by Crippen LogP contribution is -2.12. The number of benzene rings is 2. The summed E-state index contributed by atoms with van der Waals surface area (Å²) >= 11 is 3.32. The monoisotopic (exact) mass is 359 g/mol. The molecule has 112 valence electrons. The fourth-order valence-corrected chi connectivity index (χ4v) is 1.96. The Morgan fingerprint density at radius 1 is 1.05 bits per heavy atom. The molecule has 6 heteroatoms. The topological polar surface area (TPSA) is 21.3 Å². The second-order valence-corrected chi connectivity index (χ2v) is 5.22. The highest BCUT2D eigenvalue weighted by molar-refractivity contribution is 9.10. The van der Waals surface area contributed by atoms with Gasteiger partial charge >= 0.3 is 6.18 Å². The molecule has 0 radical (unpaired) electrons. The van der Waals surface area contributed by atoms with Gasteiger partial charge in [0.15, 0.2) is 0 Å². The van der Waals surface area contributed by atoms with E-state index >= 15 is 0 Å². The molecular formula is C15H13BrF3NO. The quantitative estimate of drug-likeness (QED) is 0.761. The van der Waals surface area contributed by atoms with Crippen LogP contribution in [0.15, 0.2) is 53.0 Å². The first-order valence-electron chi connectivity index (χ1n) is 6.25. The predicted molar refractivity (Wildman–Crippen MR) is 79.6 cm³/mol. The van der Waals surface area contributed by atoms with Crippen molar-refractivity contribution >= 4 is 21.6 Å². The van der Waals surface area contributed by atoms with E-state index in [0.717, 1.165) is 16.6 Å². The highest BCUT2D eigenvalue weighted by Crippen LogP contribution is 2.30. The summed E-state index contributed by atoms with van der Waals surface area (Å²) in [5.41, 5.74) is -0.245. The molecule has 0 aliphatic heterocycles. The number of ether oxygens (including phenoxy) is 1. The van der Waals surface area contributed by atoms with Crippen LogP contribution in [0.5, 0.6) is 5.75 Å². The van der Waals surface area contributed by atoms with Gasteiger partial charge in [-0.1, -0.05) is 22.0 Å². The summed E-state index contributed by atoms with van der Waals surface area (Å²) in [4.78, 5) is 0. The first-order valence-corrected chi connectivity index (χ1v) is 7.04. The Hall–Kier alpha value is -1.69. The summed E-state index contributed by atoms with van der Waals surface area (Å²) in [7, 11) is 0. The van der Waals surface area contributed by atoms with Gasteiger partial charge in [0, 0.05) is 16.7 Å². The third kappa shape index (κ3) is 4.97. The van der Waals surface area contributed by atoms with Gasteiger partial charge in [-0.05, 0) is 42.5 Å². The molecular weight excluding hydrogens is 347 g/mol. The van der Waals surface area contributed by atoms with Crippen molar-refractivity contribution < 1.29 is 17.9 Å². The summed E-state index contributed by atoms with van der Waals surface area (Å²) in [6.07, 6.45) is -4.33. The Bertz CT molecular complexity index is 584. The molecule has 2 nitrogen and oxygen atoms in total. The molecule has 0 aliphatic carbocycles. The second-order valence-electron chi connectivity index (χ2n) is 4.31. The largest absolute Gasteiger partial charge is 0.492 e. The van der Waals surface area contributed by atoms with Crippen molar-refractivity contribution in [3.63, 3.8) is 0 Å². The zero-order chi connectivity index (χ0) is 15.3. The first-order chi connectivity index (χ1) is 9.95. The Labute approximate surface area is 129 Å². The average Bonchev–Trinajstić information content (AvgIpc) is 2.45. The van der Waals surface area contributed by atoms with Gasteiger partial charge < -0.3 is 10.1 Å². The van der Waals surface area contributed by atoms with Crippen molar-refractivity contribution in [3.05, 3.63) is 58.6 Å². The molecule has 0 amide bonds. The smallest absolute Gasteiger partial charge is 0.416 e. The molecule has 0 fully saturated rings. The van der Waals surface area contributed by atoms with E-state index in [-0.39, 0.29) is 0 Å². The molecule has 0 saturated heterocycles. The van der Waals surface area contributed by atoms with Gasteiger partial charge in [0.05, 0.1) is 5.56 Å². The van der Waals surface area contributed by atoms with Crippen LogP contribution < -0.4 is 10.1 Å². The molecule has 0 spiro atoms. The van der Waals surface area contributed by atoms with E-state index in [1.165, 1.54) is 6.07 Å². The van der Waals surface area contributed by atoms with Crippen LogP contribution in [0.4, 0.5) is 18.9 Å². The van der Waals surface area contributed by atoms with E-state index in [1.807, 2.05) is 24.3 Å². The molecule has 0 unspecified atom stereocenters. The average molecular weight is 360 g/mol. The standard InChI is InChI=1S/C15H13BrF3NO/c16-12-4-6-14(7-5-12)21-9-8-20-13-3-1-2-11(10-13)15(17,18)19/h1-7,10,20H,8-9H2. The lowest BCUT2D eigenvalue weighted by atomic mass is 10.2. The Kier molecular flexibility index (Phi) is 5.12. The predicted octanol–water partition coefficient (Wildman–Crippen LogP) is 4.96. The maximum absolute atomic E-state index is 12.6. The fourth-order valence-electron chi connectivity index (χ4n) is 1.70. The third-order valence-corrected chi connectivity index (χ3v) is 3.23. The van der Waals surface area contributed by atoms with Crippen LogP contribution in [0.2, 0.25) is 0 Å². The molecule has 0 atom stereocenters. The van der Waals surface area contributed by atoms with Crippen LogP contribution >= 0.6 is 15.9 Å². The molecule has 0 saturated carbocycles. The Morgan fingerprint density at radius 3 is 2.43 bits per heavy atom. The van der Waals surface area contributed by atoms with Gasteiger partial charge in [-0.15, -0.1) is 0 Å². The van der Waals surface area contributed by atoms with E-state index in [4.69, 9.17) is 4.74 Å². The lowest BCUT2D eigenvalue weighted by molar-refractivity contribution is -0.137. The van der Waals surface area contributed by atoms with Crippen LogP contribution in [0, 0.1) is 0 Å². The van der Waals surface area contributed by atoms with Crippen LogP contribution in [0.25, 0.3) is 0 Å². The molecule has 2 aromatic rings. The van der Waals surface area contributed by atoms with E-state index in [9.17, 15) is 13.2 Å². The first kappa shape index (κ1) is 15.7. The van der Waals surface area contributed by atoms with Crippen molar-refractivity contribution in [1.29, 1.82) is 0 Å². The molecule has 0 aromatic heterocycles. The molecule has 21 heavy (non-hydrogen) atoms. The minimum absolute atomic E-state index is 0.359. The number of hydrogen-bond acceptors (Lipinski definition) is 2. The third-order valence-electron chi connectivity index (χ3n) is 2.70. The molecule has 2 rings (SSSR count). The van der Waals surface area contributed by atoms with Crippen molar-refractivity contribution in [1.82, 2.24) is 0 Å². The second kappa shape index (κ2) is 6.85. The van der Waals surface area contributed by atoms with Crippen molar-refractivity contribution in [2.75, 3.05) is 18.5 Å². The minimum Gasteiger partial charge on any atom is -0.492 e. The number of alkyl halides is 3. The maximum atomic E-state index is 12.6. The highest BCUT2D eigenvalue weighted by Gasteiger charge is 2.30. The van der Waals surface area contributed by atoms with Gasteiger partial charge in [0.2, 0.25) is 0 Å². The minimum atomic E-state index is -4.33. The maximum Gasteiger partial charge on any atom is 0.416 e. The van der Waals surface area contributed by atoms with Crippen molar-refractivity contribution in [2.24, 2.45) is 0 Å². The van der Waals surface area contributed by atoms with Crippen LogP contribution in [0.1, 0.15) is 5.56 Å². The van der Waals surface area contributed by atoms with Gasteiger partial charge in [0.25, 0.3) is 0 Å². The van der Waals surface area contributed by atoms with Crippen LogP contribution in [0.3, 0.4) is 0 Å². The Balaban J connectivity index is 1.82. The summed E-state index contributed by atoms with van der Waals surface area (Å²) in [6.45, 7) is 0.773. The summed E-state index contributed by atoms with van der Waals surface area (Å²) in [5, 5.41) is 2.90. The van der Waals surface area contributed by atoms with E-state index in [2.05, 4.69) is 21.2 Å². The van der Waals surface area contributed by atoms with Crippen LogP contribution in [-0.2, 0) is 6.18 Å². The SMILES string of the molecule is FC(F)(F)c1cccc(NCCOc2ccc(Br)cc2)c1. The molecule has 0 aliphatic rings. The normalized spacial score (nSPS) is 11.2. The number of rotatable bonds is 5. The van der Waals surface area contributed by atoms with Crippen molar-refractivity contribution in [2.45, 2.75) is 6.18 Å². The van der Waals surface area contributed by atoms with E-state index in [1.54, 1.807) is 6.07 Å². The summed E-state index contributed by atoms with van der Waals surface area (Å²) in [6, 6.07) is 12.4. The summed E-state index contributed by atoms with van der Waals surface area (Å²) in [5.74, 6) is 0.712. The zero-order valence-corrected chi connectivity index (χ0v) is 12.5. The number of anilines is 1. The van der Waals surface area contributed by atoms with Crippen molar-refractivity contribution in [3.8, 4) is 5.75 Å². The van der Waals surface area contributed by atoms with Gasteiger partial charge in [-0.3, -0.25) is 0 Å². The van der Waals surface area contributed by atoms with Crippen LogP contribution in [-0.4, -0.2) is 13.2 Å². The van der Waals surface area contributed by atoms with Gasteiger partial charge in [0.1, 0.15) is 12.4 Å². The Morgan fingerprint density at radius 2 is 1.76 bits per heavy atom. The summed E-state index contributed by atoms with van der Waals surface area (Å²) < 4.78 is 44.1. The van der Waals surface area contributed by atoms with Gasteiger partial charge in [-0.2, -0.15) is 13.2 Å². The number of nitrogens with one attached hydrogen (secondary N) is 1. The van der Waals surface area contributed by atoms with E-state index in [0.29, 0.717) is 24.6 Å².